The number of likely N-dealkylation sites (tertiary alicyclic amines) is 1. The van der Waals surface area contributed by atoms with Crippen LogP contribution >= 0.6 is 39.1 Å². The Hall–Kier alpha value is -0.250. The lowest BCUT2D eigenvalue weighted by Crippen LogP contribution is -2.41. The van der Waals surface area contributed by atoms with Crippen LogP contribution < -0.4 is 0 Å². The summed E-state index contributed by atoms with van der Waals surface area (Å²) in [6.45, 7) is 1.64. The summed E-state index contributed by atoms with van der Waals surface area (Å²) in [5, 5.41) is 1.02. The predicted octanol–water partition coefficient (Wildman–Crippen LogP) is 3.92. The molecule has 1 fully saturated rings. The second-order valence-electron chi connectivity index (χ2n) is 4.50. The molecule has 0 N–H and O–H groups in total. The number of halogens is 3. The van der Waals surface area contributed by atoms with Gasteiger partial charge in [-0.15, -0.1) is 0 Å². The van der Waals surface area contributed by atoms with Crippen molar-refractivity contribution >= 4 is 45.0 Å². The number of rotatable bonds is 2. The maximum atomic E-state index is 12.1. The van der Waals surface area contributed by atoms with Crippen LogP contribution in [0.15, 0.2) is 18.2 Å². The largest absolute Gasteiger partial charge is 0.341 e. The second-order valence-corrected chi connectivity index (χ2v) is 6.61. The SMILES string of the molecule is O=C(Cc1ccc(Cl)c(Cl)c1)N1CCCC(Br)C1. The highest BCUT2D eigenvalue weighted by molar-refractivity contribution is 9.09. The molecule has 0 bridgehead atoms. The molecule has 0 aromatic heterocycles. The van der Waals surface area contributed by atoms with E-state index in [-0.39, 0.29) is 5.91 Å². The van der Waals surface area contributed by atoms with Gasteiger partial charge in [-0.05, 0) is 30.5 Å². The summed E-state index contributed by atoms with van der Waals surface area (Å²) in [4.78, 5) is 14.5. The van der Waals surface area contributed by atoms with Gasteiger partial charge in [-0.2, -0.15) is 0 Å². The minimum absolute atomic E-state index is 0.150. The third-order valence-corrected chi connectivity index (χ3v) is 4.54. The lowest BCUT2D eigenvalue weighted by molar-refractivity contribution is -0.131. The molecular formula is C13H14BrCl2NO. The van der Waals surface area contributed by atoms with Crippen LogP contribution in [0.5, 0.6) is 0 Å². The highest BCUT2D eigenvalue weighted by Gasteiger charge is 2.21. The molecule has 1 aromatic carbocycles. The molecule has 1 saturated heterocycles. The van der Waals surface area contributed by atoms with E-state index in [0.717, 1.165) is 31.5 Å². The van der Waals surface area contributed by atoms with E-state index < -0.39 is 0 Å². The van der Waals surface area contributed by atoms with Gasteiger partial charge in [0.2, 0.25) is 5.91 Å². The Morgan fingerprint density at radius 3 is 2.83 bits per heavy atom. The minimum Gasteiger partial charge on any atom is -0.341 e. The first-order valence-corrected chi connectivity index (χ1v) is 7.59. The lowest BCUT2D eigenvalue weighted by Gasteiger charge is -2.30. The first kappa shape index (κ1) is 14.2. The Morgan fingerprint density at radius 2 is 2.17 bits per heavy atom. The molecule has 0 spiro atoms. The molecule has 1 amide bonds. The van der Waals surface area contributed by atoms with Crippen molar-refractivity contribution in [2.75, 3.05) is 13.1 Å². The van der Waals surface area contributed by atoms with E-state index in [1.165, 1.54) is 0 Å². The van der Waals surface area contributed by atoms with E-state index in [1.807, 2.05) is 11.0 Å². The van der Waals surface area contributed by atoms with Crippen molar-refractivity contribution in [2.24, 2.45) is 0 Å². The molecule has 1 atom stereocenters. The van der Waals surface area contributed by atoms with Gasteiger partial charge < -0.3 is 4.90 Å². The molecule has 1 aliphatic rings. The molecule has 1 unspecified atom stereocenters. The van der Waals surface area contributed by atoms with Crippen molar-refractivity contribution in [3.05, 3.63) is 33.8 Å². The van der Waals surface area contributed by atoms with E-state index in [2.05, 4.69) is 15.9 Å². The quantitative estimate of drug-likeness (QED) is 0.740. The van der Waals surface area contributed by atoms with E-state index >= 15 is 0 Å². The third-order valence-electron chi connectivity index (χ3n) is 3.06. The van der Waals surface area contributed by atoms with Gasteiger partial charge in [0.1, 0.15) is 0 Å². The minimum atomic E-state index is 0.150. The fraction of sp³-hybridized carbons (Fsp3) is 0.462. The maximum absolute atomic E-state index is 12.1. The number of amides is 1. The molecule has 0 aliphatic carbocycles. The number of hydrogen-bond acceptors (Lipinski definition) is 1. The molecule has 5 heteroatoms. The fourth-order valence-electron chi connectivity index (χ4n) is 2.09. The molecule has 0 saturated carbocycles. The average molecular weight is 351 g/mol. The molecule has 2 nitrogen and oxygen atoms in total. The number of hydrogen-bond donors (Lipinski definition) is 0. The van der Waals surface area contributed by atoms with Crippen molar-refractivity contribution in [3.63, 3.8) is 0 Å². The molecule has 0 radical (unpaired) electrons. The normalized spacial score (nSPS) is 19.9. The Labute approximate surface area is 125 Å². The summed E-state index contributed by atoms with van der Waals surface area (Å²) in [5.74, 6) is 0.150. The topological polar surface area (TPSA) is 20.3 Å². The summed E-state index contributed by atoms with van der Waals surface area (Å²) in [6, 6.07) is 5.34. The van der Waals surface area contributed by atoms with Gasteiger partial charge in [0, 0.05) is 17.9 Å². The number of alkyl halides is 1. The third kappa shape index (κ3) is 3.62. The van der Waals surface area contributed by atoms with E-state index in [1.54, 1.807) is 12.1 Å². The number of benzene rings is 1. The lowest BCUT2D eigenvalue weighted by atomic mass is 10.1. The van der Waals surface area contributed by atoms with Crippen molar-refractivity contribution < 1.29 is 4.79 Å². The highest BCUT2D eigenvalue weighted by Crippen LogP contribution is 2.23. The van der Waals surface area contributed by atoms with Gasteiger partial charge in [0.05, 0.1) is 16.5 Å². The van der Waals surface area contributed by atoms with Gasteiger partial charge >= 0.3 is 0 Å². The number of carbonyl (C=O) groups is 1. The smallest absolute Gasteiger partial charge is 0.227 e. The Balaban J connectivity index is 2.00. The standard InChI is InChI=1S/C13H14BrCl2NO/c14-10-2-1-5-17(8-10)13(18)7-9-3-4-11(15)12(16)6-9/h3-4,6,10H,1-2,5,7-8H2. The molecule has 2 rings (SSSR count). The zero-order chi connectivity index (χ0) is 13.1. The van der Waals surface area contributed by atoms with Crippen molar-refractivity contribution in [1.29, 1.82) is 0 Å². The zero-order valence-electron chi connectivity index (χ0n) is 9.83. The predicted molar refractivity (Wildman–Crippen MR) is 78.7 cm³/mol. The number of carbonyl (C=O) groups excluding carboxylic acids is 1. The average Bonchev–Trinajstić information content (AvgIpc) is 2.34. The van der Waals surface area contributed by atoms with Gasteiger partial charge in [-0.1, -0.05) is 45.2 Å². The second kappa shape index (κ2) is 6.27. The van der Waals surface area contributed by atoms with Crippen LogP contribution in [0.2, 0.25) is 10.0 Å². The number of nitrogens with zero attached hydrogens (tertiary/aromatic N) is 1. The van der Waals surface area contributed by atoms with Crippen LogP contribution in [0.25, 0.3) is 0 Å². The Bertz CT molecular complexity index is 453. The molecular weight excluding hydrogens is 337 g/mol. The van der Waals surface area contributed by atoms with Gasteiger partial charge in [0.25, 0.3) is 0 Å². The van der Waals surface area contributed by atoms with E-state index in [4.69, 9.17) is 23.2 Å². The van der Waals surface area contributed by atoms with Crippen LogP contribution in [-0.4, -0.2) is 28.7 Å². The summed E-state index contributed by atoms with van der Waals surface area (Å²) in [6.07, 6.45) is 2.58. The highest BCUT2D eigenvalue weighted by atomic mass is 79.9. The summed E-state index contributed by atoms with van der Waals surface area (Å²) < 4.78 is 0. The van der Waals surface area contributed by atoms with E-state index in [0.29, 0.717) is 21.3 Å². The van der Waals surface area contributed by atoms with Crippen molar-refractivity contribution in [2.45, 2.75) is 24.1 Å². The van der Waals surface area contributed by atoms with Crippen molar-refractivity contribution in [3.8, 4) is 0 Å². The first-order valence-electron chi connectivity index (χ1n) is 5.92. The number of piperidine rings is 1. The molecule has 1 aromatic rings. The maximum Gasteiger partial charge on any atom is 0.227 e. The zero-order valence-corrected chi connectivity index (χ0v) is 12.9. The van der Waals surface area contributed by atoms with Gasteiger partial charge in [-0.3, -0.25) is 4.79 Å². The first-order chi connectivity index (χ1) is 8.56. The van der Waals surface area contributed by atoms with Crippen LogP contribution in [0.3, 0.4) is 0 Å². The Morgan fingerprint density at radius 1 is 1.39 bits per heavy atom. The summed E-state index contributed by atoms with van der Waals surface area (Å²) in [7, 11) is 0. The molecule has 98 valence electrons. The van der Waals surface area contributed by atoms with Crippen molar-refractivity contribution in [1.82, 2.24) is 4.90 Å². The molecule has 1 heterocycles. The van der Waals surface area contributed by atoms with Crippen LogP contribution in [0.4, 0.5) is 0 Å². The summed E-state index contributed by atoms with van der Waals surface area (Å²) in [5.41, 5.74) is 0.908. The molecule has 18 heavy (non-hydrogen) atoms. The van der Waals surface area contributed by atoms with Crippen LogP contribution in [0, 0.1) is 0 Å². The molecule has 1 aliphatic heterocycles. The summed E-state index contributed by atoms with van der Waals surface area (Å²) >= 11 is 15.4. The Kier molecular flexibility index (Phi) is 4.93. The monoisotopic (exact) mass is 349 g/mol. The van der Waals surface area contributed by atoms with Gasteiger partial charge in [-0.25, -0.2) is 0 Å². The van der Waals surface area contributed by atoms with Crippen LogP contribution in [0.1, 0.15) is 18.4 Å². The van der Waals surface area contributed by atoms with E-state index in [9.17, 15) is 4.79 Å². The fourth-order valence-corrected chi connectivity index (χ4v) is 3.08. The van der Waals surface area contributed by atoms with Gasteiger partial charge in [0.15, 0.2) is 0 Å². The van der Waals surface area contributed by atoms with Crippen LogP contribution in [-0.2, 0) is 11.2 Å².